The third-order valence-corrected chi connectivity index (χ3v) is 5.64. The van der Waals surface area contributed by atoms with Crippen LogP contribution in [-0.2, 0) is 0 Å². The van der Waals surface area contributed by atoms with Crippen molar-refractivity contribution < 1.29 is 9.15 Å². The minimum Gasteiger partial charge on any atom is -0.496 e. The molecule has 4 nitrogen and oxygen atoms in total. The van der Waals surface area contributed by atoms with Gasteiger partial charge in [0.15, 0.2) is 0 Å². The van der Waals surface area contributed by atoms with Crippen LogP contribution in [0.5, 0.6) is 5.75 Å². The summed E-state index contributed by atoms with van der Waals surface area (Å²) < 4.78 is 11.3. The van der Waals surface area contributed by atoms with Crippen molar-refractivity contribution in [1.82, 2.24) is 10.2 Å². The zero-order valence-electron chi connectivity index (χ0n) is 15.1. The van der Waals surface area contributed by atoms with Crippen molar-refractivity contribution in [3.8, 4) is 17.2 Å². The van der Waals surface area contributed by atoms with Gasteiger partial charge in [0, 0.05) is 5.02 Å². The lowest BCUT2D eigenvalue weighted by molar-refractivity contribution is 0.411. The first-order chi connectivity index (χ1) is 13.7. The number of halogens is 1. The Hall–Kier alpha value is -2.76. The van der Waals surface area contributed by atoms with Crippen molar-refractivity contribution in [3.63, 3.8) is 0 Å². The molecule has 1 aromatic heterocycles. The van der Waals surface area contributed by atoms with Crippen molar-refractivity contribution in [3.05, 3.63) is 95.0 Å². The van der Waals surface area contributed by atoms with Crippen LogP contribution in [0.2, 0.25) is 5.02 Å². The van der Waals surface area contributed by atoms with Crippen molar-refractivity contribution in [1.29, 1.82) is 0 Å². The van der Waals surface area contributed by atoms with E-state index in [0.29, 0.717) is 21.9 Å². The number of para-hydroxylation sites is 1. The molecule has 1 heterocycles. The lowest BCUT2D eigenvalue weighted by Crippen LogP contribution is -1.96. The molecule has 0 aliphatic rings. The summed E-state index contributed by atoms with van der Waals surface area (Å²) in [6, 6.07) is 25.6. The van der Waals surface area contributed by atoms with Crippen LogP contribution in [0.4, 0.5) is 0 Å². The maximum Gasteiger partial charge on any atom is 0.277 e. The molecule has 0 aliphatic heterocycles. The van der Waals surface area contributed by atoms with Gasteiger partial charge in [-0.2, -0.15) is 0 Å². The summed E-state index contributed by atoms with van der Waals surface area (Å²) in [5.74, 6) is 1.13. The summed E-state index contributed by atoms with van der Waals surface area (Å²) in [5.41, 5.74) is 3.02. The second kappa shape index (κ2) is 8.50. The van der Waals surface area contributed by atoms with Crippen molar-refractivity contribution in [2.45, 2.75) is 10.5 Å². The van der Waals surface area contributed by atoms with Gasteiger partial charge in [-0.3, -0.25) is 0 Å². The fourth-order valence-electron chi connectivity index (χ4n) is 2.88. The molecule has 0 radical (unpaired) electrons. The molecule has 0 unspecified atom stereocenters. The quantitative estimate of drug-likeness (QED) is 0.351. The monoisotopic (exact) mass is 408 g/mol. The number of rotatable bonds is 6. The highest BCUT2D eigenvalue weighted by molar-refractivity contribution is 7.99. The molecule has 140 valence electrons. The zero-order chi connectivity index (χ0) is 19.3. The Morgan fingerprint density at radius 1 is 0.857 bits per heavy atom. The molecule has 0 spiro atoms. The Balaban J connectivity index is 1.66. The molecule has 0 bridgehead atoms. The minimum atomic E-state index is 0.00411. The van der Waals surface area contributed by atoms with Gasteiger partial charge in [-0.25, -0.2) is 0 Å². The molecule has 6 heteroatoms. The lowest BCUT2D eigenvalue weighted by atomic mass is 10.0. The van der Waals surface area contributed by atoms with Crippen LogP contribution in [-0.4, -0.2) is 17.3 Å². The summed E-state index contributed by atoms with van der Waals surface area (Å²) in [6.07, 6.45) is 0. The molecule has 0 saturated heterocycles. The van der Waals surface area contributed by atoms with Crippen LogP contribution in [0.3, 0.4) is 0 Å². The average molecular weight is 409 g/mol. The van der Waals surface area contributed by atoms with E-state index in [9.17, 15) is 0 Å². The molecule has 0 saturated carbocycles. The summed E-state index contributed by atoms with van der Waals surface area (Å²) in [5, 5.41) is 9.65. The number of methoxy groups -OCH3 is 1. The van der Waals surface area contributed by atoms with E-state index >= 15 is 0 Å². The third-order valence-electron chi connectivity index (χ3n) is 4.24. The summed E-state index contributed by atoms with van der Waals surface area (Å²) in [7, 11) is 1.62. The second-order valence-corrected chi connectivity index (χ2v) is 7.53. The molecule has 3 aromatic carbocycles. The van der Waals surface area contributed by atoms with E-state index in [4.69, 9.17) is 20.8 Å². The van der Waals surface area contributed by atoms with Crippen LogP contribution in [0, 0.1) is 0 Å². The Kier molecular flexibility index (Phi) is 5.65. The Bertz CT molecular complexity index is 1050. The van der Waals surface area contributed by atoms with Gasteiger partial charge in [0.1, 0.15) is 5.75 Å². The standard InChI is InChI=1S/C22H17ClN2O2S/c1-26-19-10-6-5-9-18(19)21-24-25-22(27-21)28-20(15-7-3-2-4-8-15)16-11-13-17(23)14-12-16/h2-14,20H,1H3/t20-/m1/s1. The number of hydrogen-bond donors (Lipinski definition) is 0. The van der Waals surface area contributed by atoms with Crippen LogP contribution in [0.1, 0.15) is 16.4 Å². The fourth-order valence-corrected chi connectivity index (χ4v) is 4.01. The van der Waals surface area contributed by atoms with Gasteiger partial charge in [-0.1, -0.05) is 78.0 Å². The number of benzene rings is 3. The Labute approximate surface area is 172 Å². The maximum absolute atomic E-state index is 6.06. The lowest BCUT2D eigenvalue weighted by Gasteiger charge is -2.15. The highest BCUT2D eigenvalue weighted by atomic mass is 35.5. The van der Waals surface area contributed by atoms with E-state index in [1.807, 2.05) is 66.7 Å². The van der Waals surface area contributed by atoms with Crippen molar-refractivity contribution in [2.24, 2.45) is 0 Å². The average Bonchev–Trinajstić information content (AvgIpc) is 3.22. The van der Waals surface area contributed by atoms with Crippen LogP contribution in [0.25, 0.3) is 11.5 Å². The molecule has 0 N–H and O–H groups in total. The molecular formula is C22H17ClN2O2S. The Morgan fingerprint density at radius 2 is 1.54 bits per heavy atom. The van der Waals surface area contributed by atoms with Gasteiger partial charge in [0.2, 0.25) is 0 Å². The highest BCUT2D eigenvalue weighted by Gasteiger charge is 2.20. The highest BCUT2D eigenvalue weighted by Crippen LogP contribution is 2.41. The number of ether oxygens (including phenoxy) is 1. The first-order valence-corrected chi connectivity index (χ1v) is 9.94. The van der Waals surface area contributed by atoms with E-state index in [1.54, 1.807) is 7.11 Å². The first kappa shape index (κ1) is 18.6. The van der Waals surface area contributed by atoms with Crippen molar-refractivity contribution >= 4 is 23.4 Å². The number of hydrogen-bond acceptors (Lipinski definition) is 5. The normalized spacial score (nSPS) is 11.9. The van der Waals surface area contributed by atoms with Crippen LogP contribution >= 0.6 is 23.4 Å². The molecular weight excluding hydrogens is 392 g/mol. The topological polar surface area (TPSA) is 48.2 Å². The van der Waals surface area contributed by atoms with E-state index in [0.717, 1.165) is 16.7 Å². The third kappa shape index (κ3) is 4.06. The Morgan fingerprint density at radius 3 is 2.29 bits per heavy atom. The SMILES string of the molecule is COc1ccccc1-c1nnc(S[C@H](c2ccccc2)c2ccc(Cl)cc2)o1. The maximum atomic E-state index is 6.06. The zero-order valence-corrected chi connectivity index (χ0v) is 16.7. The van der Waals surface area contributed by atoms with Gasteiger partial charge in [0.05, 0.1) is 17.9 Å². The van der Waals surface area contributed by atoms with E-state index in [2.05, 4.69) is 22.3 Å². The molecule has 0 aliphatic carbocycles. The van der Waals surface area contributed by atoms with Gasteiger partial charge >= 0.3 is 0 Å². The molecule has 28 heavy (non-hydrogen) atoms. The minimum absolute atomic E-state index is 0.00411. The van der Waals surface area contributed by atoms with E-state index < -0.39 is 0 Å². The summed E-state index contributed by atoms with van der Waals surface area (Å²) in [4.78, 5) is 0. The molecule has 1 atom stereocenters. The second-order valence-electron chi connectivity index (χ2n) is 6.03. The molecule has 0 amide bonds. The van der Waals surface area contributed by atoms with Crippen molar-refractivity contribution in [2.75, 3.05) is 7.11 Å². The van der Waals surface area contributed by atoms with E-state index in [-0.39, 0.29) is 5.25 Å². The predicted molar refractivity (Wildman–Crippen MR) is 112 cm³/mol. The smallest absolute Gasteiger partial charge is 0.277 e. The molecule has 0 fully saturated rings. The fraction of sp³-hybridized carbons (Fsp3) is 0.0909. The van der Waals surface area contributed by atoms with E-state index in [1.165, 1.54) is 11.8 Å². The van der Waals surface area contributed by atoms with Gasteiger partial charge in [0.25, 0.3) is 11.1 Å². The van der Waals surface area contributed by atoms with Crippen LogP contribution < -0.4 is 4.74 Å². The number of thioether (sulfide) groups is 1. The number of nitrogens with zero attached hydrogens (tertiary/aromatic N) is 2. The van der Waals surface area contributed by atoms with Gasteiger partial charge in [-0.15, -0.1) is 10.2 Å². The van der Waals surface area contributed by atoms with Gasteiger partial charge < -0.3 is 9.15 Å². The molecule has 4 rings (SSSR count). The largest absolute Gasteiger partial charge is 0.496 e. The summed E-state index contributed by atoms with van der Waals surface area (Å²) in [6.45, 7) is 0. The van der Waals surface area contributed by atoms with Crippen LogP contribution in [0.15, 0.2) is 88.5 Å². The molecule has 4 aromatic rings. The summed E-state index contributed by atoms with van der Waals surface area (Å²) >= 11 is 7.57. The predicted octanol–water partition coefficient (Wildman–Crippen LogP) is 6.28. The first-order valence-electron chi connectivity index (χ1n) is 8.68. The van der Waals surface area contributed by atoms with Gasteiger partial charge in [-0.05, 0) is 35.4 Å². The number of aromatic nitrogens is 2.